The number of aromatic nitrogens is 1. The number of carbonyl (C=O) groups is 1. The van der Waals surface area contributed by atoms with Crippen molar-refractivity contribution in [1.29, 1.82) is 0 Å². The first-order valence-corrected chi connectivity index (χ1v) is 9.69. The van der Waals surface area contributed by atoms with Gasteiger partial charge in [0.25, 0.3) is 0 Å². The van der Waals surface area contributed by atoms with Gasteiger partial charge in [-0.3, -0.25) is 9.78 Å². The number of hydrogen-bond acceptors (Lipinski definition) is 3. The van der Waals surface area contributed by atoms with Crippen molar-refractivity contribution in [2.75, 3.05) is 33.7 Å². The van der Waals surface area contributed by atoms with Crippen LogP contribution in [0.4, 0.5) is 0 Å². The molecule has 1 aromatic heterocycles. The summed E-state index contributed by atoms with van der Waals surface area (Å²) >= 11 is 0. The summed E-state index contributed by atoms with van der Waals surface area (Å²) in [6.45, 7) is 6.20. The number of nitrogens with one attached hydrogen (secondary N) is 2. The molecule has 1 amide bonds. The van der Waals surface area contributed by atoms with Gasteiger partial charge in [0.05, 0.1) is 0 Å². The minimum atomic E-state index is -0.00569. The lowest BCUT2D eigenvalue weighted by Crippen LogP contribution is -2.41. The van der Waals surface area contributed by atoms with Crippen molar-refractivity contribution in [2.45, 2.75) is 46.0 Å². The summed E-state index contributed by atoms with van der Waals surface area (Å²) in [5.74, 6) is 1.32. The highest BCUT2D eigenvalue weighted by Crippen LogP contribution is 2.11. The Morgan fingerprint density at radius 3 is 2.63 bits per heavy atom. The second-order valence-electron chi connectivity index (χ2n) is 6.75. The third-order valence-corrected chi connectivity index (χ3v) is 4.37. The summed E-state index contributed by atoms with van der Waals surface area (Å²) < 4.78 is 0. The van der Waals surface area contributed by atoms with Crippen LogP contribution in [0.3, 0.4) is 0 Å². The molecule has 1 rings (SSSR count). The topological polar surface area (TPSA) is 69.6 Å². The summed E-state index contributed by atoms with van der Waals surface area (Å²) in [4.78, 5) is 22.2. The summed E-state index contributed by atoms with van der Waals surface area (Å²) in [5.41, 5.74) is 1.04. The van der Waals surface area contributed by atoms with Crippen molar-refractivity contribution in [2.24, 2.45) is 10.9 Å². The lowest BCUT2D eigenvalue weighted by Gasteiger charge is -2.18. The number of rotatable bonds is 11. The number of likely N-dealkylation sites (N-methyl/N-ethyl adjacent to an activating group) is 1. The maximum absolute atomic E-state index is 11.8. The van der Waals surface area contributed by atoms with Gasteiger partial charge in [0.2, 0.25) is 5.91 Å². The van der Waals surface area contributed by atoms with Gasteiger partial charge in [-0.05, 0) is 24.5 Å². The van der Waals surface area contributed by atoms with Gasteiger partial charge in [-0.1, -0.05) is 39.2 Å². The molecule has 2 N–H and O–H groups in total. The fraction of sp³-hybridized carbons (Fsp3) is 0.650. The Labute approximate surface area is 181 Å². The number of unbranched alkanes of at least 4 members (excludes halogenated alkanes) is 1. The molecule has 0 radical (unpaired) electrons. The Morgan fingerprint density at radius 1 is 1.26 bits per heavy atom. The van der Waals surface area contributed by atoms with Gasteiger partial charge in [-0.15, -0.1) is 24.0 Å². The zero-order chi connectivity index (χ0) is 19.2. The molecule has 0 aromatic carbocycles. The summed E-state index contributed by atoms with van der Waals surface area (Å²) in [6.07, 6.45) is 7.45. The van der Waals surface area contributed by atoms with Gasteiger partial charge in [-0.25, -0.2) is 4.99 Å². The van der Waals surface area contributed by atoms with Gasteiger partial charge in [0.15, 0.2) is 5.96 Å². The smallest absolute Gasteiger partial charge is 0.243 e. The average molecular weight is 489 g/mol. The third-order valence-electron chi connectivity index (χ3n) is 4.37. The van der Waals surface area contributed by atoms with Gasteiger partial charge in [0.1, 0.15) is 6.54 Å². The van der Waals surface area contributed by atoms with Crippen molar-refractivity contribution in [1.82, 2.24) is 20.5 Å². The number of aliphatic imine (C=N–C) groups is 1. The number of halogens is 1. The molecule has 1 heterocycles. The molecule has 6 nitrogen and oxygen atoms in total. The molecule has 1 aromatic rings. The Balaban J connectivity index is 0.00000676. The van der Waals surface area contributed by atoms with Crippen LogP contribution in [0.25, 0.3) is 0 Å². The molecular weight excluding hydrogens is 453 g/mol. The van der Waals surface area contributed by atoms with Crippen LogP contribution in [0.1, 0.15) is 45.2 Å². The molecule has 0 fully saturated rings. The maximum atomic E-state index is 11.8. The standard InChI is InChI=1S/C20H35N5O.HI/c1-5-7-10-17(6-2)15-23-20(24-16-19(26)25(3)4)22-14-12-18-11-8-9-13-21-18;/h8-9,11,13,17H,5-7,10,12,14-16H2,1-4H3,(H2,22,23,24);1H. The summed E-state index contributed by atoms with van der Waals surface area (Å²) in [5, 5.41) is 6.73. The summed E-state index contributed by atoms with van der Waals surface area (Å²) in [7, 11) is 3.49. The van der Waals surface area contributed by atoms with E-state index in [1.807, 2.05) is 18.2 Å². The zero-order valence-corrected chi connectivity index (χ0v) is 19.5. The number of nitrogens with zero attached hydrogens (tertiary/aromatic N) is 3. The van der Waals surface area contributed by atoms with Crippen molar-refractivity contribution in [3.8, 4) is 0 Å². The second kappa shape index (κ2) is 15.7. The van der Waals surface area contributed by atoms with E-state index in [1.54, 1.807) is 25.2 Å². The van der Waals surface area contributed by atoms with Crippen LogP contribution in [-0.4, -0.2) is 55.5 Å². The molecular formula is C20H36IN5O. The molecule has 0 aliphatic heterocycles. The first kappa shape index (κ1) is 25.6. The molecule has 0 bridgehead atoms. The highest BCUT2D eigenvalue weighted by atomic mass is 127. The van der Waals surface area contributed by atoms with E-state index < -0.39 is 0 Å². The first-order chi connectivity index (χ1) is 12.6. The normalized spacial score (nSPS) is 12.1. The molecule has 0 aliphatic carbocycles. The lowest BCUT2D eigenvalue weighted by molar-refractivity contribution is -0.127. The minimum Gasteiger partial charge on any atom is -0.356 e. The number of guanidine groups is 1. The monoisotopic (exact) mass is 489 g/mol. The molecule has 7 heteroatoms. The predicted octanol–water partition coefficient (Wildman–Crippen LogP) is 3.08. The third kappa shape index (κ3) is 11.8. The molecule has 27 heavy (non-hydrogen) atoms. The Kier molecular flexibility index (Phi) is 14.9. The van der Waals surface area contributed by atoms with Gasteiger partial charge in [-0.2, -0.15) is 0 Å². The molecule has 0 spiro atoms. The van der Waals surface area contributed by atoms with Crippen LogP contribution < -0.4 is 10.6 Å². The Hall–Kier alpha value is -1.38. The fourth-order valence-corrected chi connectivity index (χ4v) is 2.50. The van der Waals surface area contributed by atoms with Crippen LogP contribution in [-0.2, 0) is 11.2 Å². The maximum Gasteiger partial charge on any atom is 0.243 e. The molecule has 0 saturated heterocycles. The predicted molar refractivity (Wildman–Crippen MR) is 124 cm³/mol. The number of pyridine rings is 1. The molecule has 0 aliphatic rings. The van der Waals surface area contributed by atoms with E-state index in [1.165, 1.54) is 19.3 Å². The fourth-order valence-electron chi connectivity index (χ4n) is 2.50. The first-order valence-electron chi connectivity index (χ1n) is 9.69. The van der Waals surface area contributed by atoms with Crippen molar-refractivity contribution >= 4 is 35.8 Å². The van der Waals surface area contributed by atoms with E-state index >= 15 is 0 Å². The Morgan fingerprint density at radius 2 is 2.04 bits per heavy atom. The zero-order valence-electron chi connectivity index (χ0n) is 17.2. The summed E-state index contributed by atoms with van der Waals surface area (Å²) in [6, 6.07) is 5.92. The number of amides is 1. The quantitative estimate of drug-likeness (QED) is 0.285. The van der Waals surface area contributed by atoms with E-state index in [4.69, 9.17) is 0 Å². The van der Waals surface area contributed by atoms with E-state index in [9.17, 15) is 4.79 Å². The second-order valence-corrected chi connectivity index (χ2v) is 6.75. The van der Waals surface area contributed by atoms with Gasteiger partial charge >= 0.3 is 0 Å². The minimum absolute atomic E-state index is 0. The van der Waals surface area contributed by atoms with Crippen LogP contribution >= 0.6 is 24.0 Å². The van der Waals surface area contributed by atoms with Crippen molar-refractivity contribution < 1.29 is 4.79 Å². The van der Waals surface area contributed by atoms with Crippen LogP contribution in [0, 0.1) is 5.92 Å². The average Bonchev–Trinajstić information content (AvgIpc) is 2.66. The van der Waals surface area contributed by atoms with Crippen LogP contribution in [0.5, 0.6) is 0 Å². The highest BCUT2D eigenvalue weighted by molar-refractivity contribution is 14.0. The number of hydrogen-bond donors (Lipinski definition) is 2. The van der Waals surface area contributed by atoms with Gasteiger partial charge in [0, 0.05) is 45.5 Å². The van der Waals surface area contributed by atoms with E-state index in [0.29, 0.717) is 11.9 Å². The van der Waals surface area contributed by atoms with Crippen LogP contribution in [0.2, 0.25) is 0 Å². The SMILES string of the molecule is CCCCC(CC)CNC(=NCC(=O)N(C)C)NCCc1ccccn1.I. The van der Waals surface area contributed by atoms with E-state index in [-0.39, 0.29) is 36.4 Å². The largest absolute Gasteiger partial charge is 0.356 e. The van der Waals surface area contributed by atoms with Crippen LogP contribution in [0.15, 0.2) is 29.4 Å². The van der Waals surface area contributed by atoms with Gasteiger partial charge < -0.3 is 15.5 Å². The lowest BCUT2D eigenvalue weighted by atomic mass is 9.99. The number of carbonyl (C=O) groups excluding carboxylic acids is 1. The Bertz CT molecular complexity index is 536. The molecule has 154 valence electrons. The van der Waals surface area contributed by atoms with E-state index in [2.05, 4.69) is 34.5 Å². The molecule has 1 unspecified atom stereocenters. The van der Waals surface area contributed by atoms with Crippen molar-refractivity contribution in [3.63, 3.8) is 0 Å². The van der Waals surface area contributed by atoms with Crippen molar-refractivity contribution in [3.05, 3.63) is 30.1 Å². The molecule has 0 saturated carbocycles. The van der Waals surface area contributed by atoms with E-state index in [0.717, 1.165) is 31.6 Å². The highest BCUT2D eigenvalue weighted by Gasteiger charge is 2.09. The molecule has 1 atom stereocenters.